The zero-order valence-electron chi connectivity index (χ0n) is 11.7. The lowest BCUT2D eigenvalue weighted by Crippen LogP contribution is -2.23. The number of aliphatic hydroxyl groups is 1. The van der Waals surface area contributed by atoms with Crippen molar-refractivity contribution in [2.24, 2.45) is 0 Å². The summed E-state index contributed by atoms with van der Waals surface area (Å²) < 4.78 is 0. The van der Waals surface area contributed by atoms with Gasteiger partial charge < -0.3 is 15.3 Å². The van der Waals surface area contributed by atoms with Gasteiger partial charge in [-0.1, -0.05) is 13.0 Å². The van der Waals surface area contributed by atoms with Crippen molar-refractivity contribution in [3.63, 3.8) is 0 Å². The van der Waals surface area contributed by atoms with E-state index in [4.69, 9.17) is 0 Å². The normalized spacial score (nSPS) is 12.7. The van der Waals surface area contributed by atoms with E-state index in [1.807, 2.05) is 19.2 Å². The third-order valence-electron chi connectivity index (χ3n) is 2.80. The molecule has 0 bridgehead atoms. The SMILES string of the molecule is CCCNc1ncccc1CN(C)CCC(C)O. The van der Waals surface area contributed by atoms with Gasteiger partial charge in [-0.05, 0) is 32.9 Å². The van der Waals surface area contributed by atoms with Crippen LogP contribution in [0.4, 0.5) is 5.82 Å². The average molecular weight is 251 g/mol. The lowest BCUT2D eigenvalue weighted by molar-refractivity contribution is 0.163. The van der Waals surface area contributed by atoms with Gasteiger partial charge in [0.25, 0.3) is 0 Å². The van der Waals surface area contributed by atoms with E-state index in [1.165, 1.54) is 5.56 Å². The van der Waals surface area contributed by atoms with Crippen molar-refractivity contribution in [1.82, 2.24) is 9.88 Å². The Morgan fingerprint density at radius 3 is 2.94 bits per heavy atom. The summed E-state index contributed by atoms with van der Waals surface area (Å²) in [6.45, 7) is 6.66. The molecule has 0 saturated heterocycles. The number of aromatic nitrogens is 1. The van der Waals surface area contributed by atoms with Gasteiger partial charge in [-0.25, -0.2) is 4.98 Å². The van der Waals surface area contributed by atoms with Crippen molar-refractivity contribution < 1.29 is 5.11 Å². The highest BCUT2D eigenvalue weighted by Crippen LogP contribution is 2.13. The number of hydrogen-bond acceptors (Lipinski definition) is 4. The first-order chi connectivity index (χ1) is 8.63. The van der Waals surface area contributed by atoms with Crippen LogP contribution in [0.25, 0.3) is 0 Å². The Kier molecular flexibility index (Phi) is 6.68. The first kappa shape index (κ1) is 14.9. The van der Waals surface area contributed by atoms with Gasteiger partial charge in [0.2, 0.25) is 0 Å². The molecule has 1 aromatic rings. The zero-order valence-corrected chi connectivity index (χ0v) is 11.7. The molecular weight excluding hydrogens is 226 g/mol. The number of hydrogen-bond donors (Lipinski definition) is 2. The molecule has 0 fully saturated rings. The van der Waals surface area contributed by atoms with Crippen LogP contribution in [0.15, 0.2) is 18.3 Å². The van der Waals surface area contributed by atoms with Crippen LogP contribution in [0.2, 0.25) is 0 Å². The van der Waals surface area contributed by atoms with Crippen molar-refractivity contribution in [2.45, 2.75) is 39.3 Å². The quantitative estimate of drug-likeness (QED) is 0.743. The number of nitrogens with one attached hydrogen (secondary N) is 1. The number of nitrogens with zero attached hydrogens (tertiary/aromatic N) is 2. The molecule has 1 atom stereocenters. The monoisotopic (exact) mass is 251 g/mol. The number of rotatable bonds is 8. The largest absolute Gasteiger partial charge is 0.393 e. The van der Waals surface area contributed by atoms with Crippen LogP contribution < -0.4 is 5.32 Å². The molecule has 0 aliphatic carbocycles. The van der Waals surface area contributed by atoms with Gasteiger partial charge in [0, 0.05) is 31.4 Å². The first-order valence-electron chi connectivity index (χ1n) is 6.67. The van der Waals surface area contributed by atoms with Crippen molar-refractivity contribution in [3.05, 3.63) is 23.9 Å². The first-order valence-corrected chi connectivity index (χ1v) is 6.67. The van der Waals surface area contributed by atoms with Crippen LogP contribution in [0, 0.1) is 0 Å². The third-order valence-corrected chi connectivity index (χ3v) is 2.80. The summed E-state index contributed by atoms with van der Waals surface area (Å²) in [6, 6.07) is 4.07. The van der Waals surface area contributed by atoms with Crippen molar-refractivity contribution in [2.75, 3.05) is 25.5 Å². The Labute approximate surface area is 110 Å². The van der Waals surface area contributed by atoms with Crippen LogP contribution in [-0.2, 0) is 6.54 Å². The van der Waals surface area contributed by atoms with E-state index in [2.05, 4.69) is 35.2 Å². The second kappa shape index (κ2) is 8.06. The molecule has 0 amide bonds. The number of pyridine rings is 1. The summed E-state index contributed by atoms with van der Waals surface area (Å²) in [5, 5.41) is 12.6. The minimum Gasteiger partial charge on any atom is -0.393 e. The summed E-state index contributed by atoms with van der Waals surface area (Å²) in [7, 11) is 2.07. The van der Waals surface area contributed by atoms with E-state index in [1.54, 1.807) is 0 Å². The maximum atomic E-state index is 9.29. The topological polar surface area (TPSA) is 48.4 Å². The Bertz CT molecular complexity index is 342. The minimum absolute atomic E-state index is 0.237. The predicted octanol–water partition coefficient (Wildman–Crippen LogP) is 2.11. The molecule has 1 rings (SSSR count). The Morgan fingerprint density at radius 2 is 2.28 bits per heavy atom. The smallest absolute Gasteiger partial charge is 0.130 e. The van der Waals surface area contributed by atoms with Gasteiger partial charge in [0.15, 0.2) is 0 Å². The van der Waals surface area contributed by atoms with E-state index in [9.17, 15) is 5.11 Å². The molecule has 1 aromatic heterocycles. The van der Waals surface area contributed by atoms with Crippen LogP contribution in [0.3, 0.4) is 0 Å². The zero-order chi connectivity index (χ0) is 13.4. The Hall–Kier alpha value is -1.13. The van der Waals surface area contributed by atoms with E-state index >= 15 is 0 Å². The van der Waals surface area contributed by atoms with Crippen molar-refractivity contribution in [3.8, 4) is 0 Å². The van der Waals surface area contributed by atoms with Crippen molar-refractivity contribution >= 4 is 5.82 Å². The predicted molar refractivity (Wildman–Crippen MR) is 75.6 cm³/mol. The summed E-state index contributed by atoms with van der Waals surface area (Å²) in [4.78, 5) is 6.59. The van der Waals surface area contributed by atoms with Crippen LogP contribution in [-0.4, -0.2) is 41.2 Å². The fourth-order valence-electron chi connectivity index (χ4n) is 1.75. The highest BCUT2D eigenvalue weighted by Gasteiger charge is 2.07. The highest BCUT2D eigenvalue weighted by atomic mass is 16.3. The highest BCUT2D eigenvalue weighted by molar-refractivity contribution is 5.43. The number of aliphatic hydroxyl groups excluding tert-OH is 1. The molecule has 0 aliphatic rings. The molecule has 0 aliphatic heterocycles. The molecule has 1 heterocycles. The van der Waals surface area contributed by atoms with Gasteiger partial charge in [0.05, 0.1) is 6.10 Å². The van der Waals surface area contributed by atoms with E-state index < -0.39 is 0 Å². The van der Waals surface area contributed by atoms with Gasteiger partial charge in [-0.15, -0.1) is 0 Å². The summed E-state index contributed by atoms with van der Waals surface area (Å²) in [6.07, 6.45) is 3.47. The van der Waals surface area contributed by atoms with Crippen LogP contribution in [0.5, 0.6) is 0 Å². The molecule has 0 saturated carbocycles. The maximum Gasteiger partial charge on any atom is 0.130 e. The molecule has 0 aromatic carbocycles. The molecule has 0 radical (unpaired) electrons. The van der Waals surface area contributed by atoms with Gasteiger partial charge in [0.1, 0.15) is 5.82 Å². The molecule has 18 heavy (non-hydrogen) atoms. The fraction of sp³-hybridized carbons (Fsp3) is 0.643. The summed E-state index contributed by atoms with van der Waals surface area (Å²) >= 11 is 0. The lowest BCUT2D eigenvalue weighted by Gasteiger charge is -2.19. The molecule has 2 N–H and O–H groups in total. The number of anilines is 1. The van der Waals surface area contributed by atoms with Gasteiger partial charge in [-0.2, -0.15) is 0 Å². The molecule has 4 nitrogen and oxygen atoms in total. The molecule has 102 valence electrons. The van der Waals surface area contributed by atoms with Crippen LogP contribution >= 0.6 is 0 Å². The third kappa shape index (κ3) is 5.47. The fourth-order valence-corrected chi connectivity index (χ4v) is 1.75. The molecule has 1 unspecified atom stereocenters. The standard InChI is InChI=1S/C14H25N3O/c1-4-8-15-14-13(6-5-9-16-14)11-17(3)10-7-12(2)18/h5-6,9,12,18H,4,7-8,10-11H2,1-3H3,(H,15,16). The summed E-state index contributed by atoms with van der Waals surface area (Å²) in [5.74, 6) is 0.975. The van der Waals surface area contributed by atoms with E-state index in [0.717, 1.165) is 38.3 Å². The molecular formula is C14H25N3O. The van der Waals surface area contributed by atoms with E-state index in [0.29, 0.717) is 0 Å². The van der Waals surface area contributed by atoms with Crippen LogP contribution in [0.1, 0.15) is 32.3 Å². The lowest BCUT2D eigenvalue weighted by atomic mass is 10.2. The van der Waals surface area contributed by atoms with Gasteiger partial charge >= 0.3 is 0 Å². The Balaban J connectivity index is 2.54. The maximum absolute atomic E-state index is 9.29. The Morgan fingerprint density at radius 1 is 1.50 bits per heavy atom. The minimum atomic E-state index is -0.237. The van der Waals surface area contributed by atoms with Crippen molar-refractivity contribution in [1.29, 1.82) is 0 Å². The van der Waals surface area contributed by atoms with E-state index in [-0.39, 0.29) is 6.10 Å². The molecule has 4 heteroatoms. The molecule has 0 spiro atoms. The summed E-state index contributed by atoms with van der Waals surface area (Å²) in [5.41, 5.74) is 1.21. The average Bonchev–Trinajstić information content (AvgIpc) is 2.35. The second-order valence-corrected chi connectivity index (χ2v) is 4.81. The van der Waals surface area contributed by atoms with Gasteiger partial charge in [-0.3, -0.25) is 0 Å². The second-order valence-electron chi connectivity index (χ2n) is 4.81.